The molecule has 0 spiro atoms. The molecule has 102 valence electrons. The minimum atomic E-state index is 0.118. The Morgan fingerprint density at radius 3 is 3.16 bits per heavy atom. The molecule has 0 aromatic heterocycles. The van der Waals surface area contributed by atoms with E-state index in [2.05, 4.69) is 11.4 Å². The highest BCUT2D eigenvalue weighted by molar-refractivity contribution is 5.76. The van der Waals surface area contributed by atoms with Crippen molar-refractivity contribution in [1.29, 1.82) is 0 Å². The van der Waals surface area contributed by atoms with Gasteiger partial charge in [-0.05, 0) is 29.5 Å². The van der Waals surface area contributed by atoms with E-state index in [0.717, 1.165) is 44.0 Å². The third kappa shape index (κ3) is 3.07. The zero-order valence-corrected chi connectivity index (χ0v) is 11.0. The van der Waals surface area contributed by atoms with Crippen LogP contribution >= 0.6 is 0 Å². The van der Waals surface area contributed by atoms with Crippen molar-refractivity contribution >= 4 is 5.91 Å². The molecule has 0 radical (unpaired) electrons. The van der Waals surface area contributed by atoms with Crippen LogP contribution in [0.25, 0.3) is 0 Å². The quantitative estimate of drug-likeness (QED) is 0.896. The molecule has 1 amide bonds. The van der Waals surface area contributed by atoms with Crippen molar-refractivity contribution in [2.45, 2.75) is 25.8 Å². The van der Waals surface area contributed by atoms with E-state index in [1.807, 2.05) is 12.1 Å². The van der Waals surface area contributed by atoms with Gasteiger partial charge in [0.05, 0.1) is 6.61 Å². The molecule has 0 aliphatic carbocycles. The van der Waals surface area contributed by atoms with Crippen LogP contribution in [0, 0.1) is 5.92 Å². The molecule has 1 unspecified atom stereocenters. The molecule has 3 rings (SSSR count). The van der Waals surface area contributed by atoms with E-state index in [-0.39, 0.29) is 5.91 Å². The van der Waals surface area contributed by atoms with Crippen LogP contribution in [0.2, 0.25) is 0 Å². The summed E-state index contributed by atoms with van der Waals surface area (Å²) in [6.07, 6.45) is 2.55. The number of rotatable bonds is 4. The summed E-state index contributed by atoms with van der Waals surface area (Å²) in [5.41, 5.74) is 2.39. The first kappa shape index (κ1) is 12.5. The zero-order chi connectivity index (χ0) is 13.1. The molecule has 19 heavy (non-hydrogen) atoms. The van der Waals surface area contributed by atoms with Crippen LogP contribution in [0.5, 0.6) is 5.75 Å². The Labute approximate surface area is 113 Å². The monoisotopic (exact) mass is 261 g/mol. The maximum Gasteiger partial charge on any atom is 0.220 e. The number of hydrogen-bond acceptors (Lipinski definition) is 3. The number of nitrogens with one attached hydrogen (secondary N) is 1. The van der Waals surface area contributed by atoms with Crippen LogP contribution in [-0.4, -0.2) is 25.7 Å². The SMILES string of the molecule is O=C(CC1CCOC1)NCc1ccc2c(c1)CCO2. The maximum absolute atomic E-state index is 11.8. The van der Waals surface area contributed by atoms with E-state index in [0.29, 0.717) is 18.9 Å². The second-order valence-electron chi connectivity index (χ2n) is 5.25. The topological polar surface area (TPSA) is 47.6 Å². The third-order valence-electron chi connectivity index (χ3n) is 3.74. The highest BCUT2D eigenvalue weighted by atomic mass is 16.5. The fraction of sp³-hybridized carbons (Fsp3) is 0.533. The summed E-state index contributed by atoms with van der Waals surface area (Å²) in [7, 11) is 0. The number of carbonyl (C=O) groups is 1. The van der Waals surface area contributed by atoms with Gasteiger partial charge in [-0.2, -0.15) is 0 Å². The van der Waals surface area contributed by atoms with Gasteiger partial charge in [0.1, 0.15) is 5.75 Å². The summed E-state index contributed by atoms with van der Waals surface area (Å²) < 4.78 is 10.7. The Morgan fingerprint density at radius 2 is 2.32 bits per heavy atom. The van der Waals surface area contributed by atoms with Gasteiger partial charge in [0.25, 0.3) is 0 Å². The Bertz CT molecular complexity index is 466. The molecule has 1 aromatic carbocycles. The van der Waals surface area contributed by atoms with Crippen molar-refractivity contribution in [3.05, 3.63) is 29.3 Å². The Morgan fingerprint density at radius 1 is 1.37 bits per heavy atom. The lowest BCUT2D eigenvalue weighted by Gasteiger charge is -2.09. The second kappa shape index (κ2) is 5.61. The Balaban J connectivity index is 1.50. The number of fused-ring (bicyclic) bond motifs is 1. The lowest BCUT2D eigenvalue weighted by Crippen LogP contribution is -2.25. The molecule has 2 aliphatic rings. The molecule has 0 saturated carbocycles. The first-order valence-electron chi connectivity index (χ1n) is 6.90. The Hall–Kier alpha value is -1.55. The second-order valence-corrected chi connectivity index (χ2v) is 5.25. The van der Waals surface area contributed by atoms with Crippen LogP contribution in [0.4, 0.5) is 0 Å². The molecule has 0 bridgehead atoms. The molecule has 4 heteroatoms. The van der Waals surface area contributed by atoms with Gasteiger partial charge in [-0.25, -0.2) is 0 Å². The number of ether oxygens (including phenoxy) is 2. The normalized spacial score (nSPS) is 20.9. The smallest absolute Gasteiger partial charge is 0.220 e. The average Bonchev–Trinajstić information content (AvgIpc) is 3.06. The van der Waals surface area contributed by atoms with Crippen molar-refractivity contribution in [3.63, 3.8) is 0 Å². The molecule has 2 aliphatic heterocycles. The third-order valence-corrected chi connectivity index (χ3v) is 3.74. The summed E-state index contributed by atoms with van der Waals surface area (Å²) in [4.78, 5) is 11.8. The van der Waals surface area contributed by atoms with Crippen molar-refractivity contribution in [1.82, 2.24) is 5.32 Å². The van der Waals surface area contributed by atoms with E-state index >= 15 is 0 Å². The van der Waals surface area contributed by atoms with Crippen LogP contribution in [0.3, 0.4) is 0 Å². The summed E-state index contributed by atoms with van der Waals surface area (Å²) in [5, 5.41) is 2.98. The molecular weight excluding hydrogens is 242 g/mol. The molecule has 1 N–H and O–H groups in total. The van der Waals surface area contributed by atoms with E-state index in [1.165, 1.54) is 5.56 Å². The van der Waals surface area contributed by atoms with E-state index in [9.17, 15) is 4.79 Å². The number of benzene rings is 1. The summed E-state index contributed by atoms with van der Waals surface area (Å²) in [6, 6.07) is 6.14. The van der Waals surface area contributed by atoms with Gasteiger partial charge in [0, 0.05) is 32.6 Å². The molecular formula is C15H19NO3. The molecule has 1 fully saturated rings. The van der Waals surface area contributed by atoms with Crippen LogP contribution in [-0.2, 0) is 22.5 Å². The van der Waals surface area contributed by atoms with Gasteiger partial charge in [0.15, 0.2) is 0 Å². The summed E-state index contributed by atoms with van der Waals surface area (Å²) in [5.74, 6) is 1.50. The highest BCUT2D eigenvalue weighted by Crippen LogP contribution is 2.25. The predicted molar refractivity (Wildman–Crippen MR) is 71.0 cm³/mol. The zero-order valence-electron chi connectivity index (χ0n) is 11.0. The van der Waals surface area contributed by atoms with Gasteiger partial charge in [-0.1, -0.05) is 12.1 Å². The average molecular weight is 261 g/mol. The number of amides is 1. The van der Waals surface area contributed by atoms with Crippen molar-refractivity contribution < 1.29 is 14.3 Å². The first-order valence-corrected chi connectivity index (χ1v) is 6.90. The summed E-state index contributed by atoms with van der Waals surface area (Å²) in [6.45, 7) is 2.89. The minimum absolute atomic E-state index is 0.118. The van der Waals surface area contributed by atoms with Gasteiger partial charge in [-0.15, -0.1) is 0 Å². The van der Waals surface area contributed by atoms with Crippen molar-refractivity contribution in [2.24, 2.45) is 5.92 Å². The lowest BCUT2D eigenvalue weighted by molar-refractivity contribution is -0.122. The molecule has 1 saturated heterocycles. The highest BCUT2D eigenvalue weighted by Gasteiger charge is 2.19. The van der Waals surface area contributed by atoms with E-state index in [4.69, 9.17) is 9.47 Å². The molecule has 4 nitrogen and oxygen atoms in total. The summed E-state index contributed by atoms with van der Waals surface area (Å²) >= 11 is 0. The van der Waals surface area contributed by atoms with Gasteiger partial charge < -0.3 is 14.8 Å². The van der Waals surface area contributed by atoms with Crippen LogP contribution in [0.15, 0.2) is 18.2 Å². The lowest BCUT2D eigenvalue weighted by atomic mass is 10.0. The van der Waals surface area contributed by atoms with Gasteiger partial charge in [0.2, 0.25) is 5.91 Å². The fourth-order valence-corrected chi connectivity index (χ4v) is 2.63. The van der Waals surface area contributed by atoms with E-state index in [1.54, 1.807) is 0 Å². The largest absolute Gasteiger partial charge is 0.493 e. The minimum Gasteiger partial charge on any atom is -0.493 e. The van der Waals surface area contributed by atoms with Crippen LogP contribution < -0.4 is 10.1 Å². The standard InChI is InChI=1S/C15H19NO3/c17-15(8-12-3-5-18-10-12)16-9-11-1-2-14-13(7-11)4-6-19-14/h1-2,7,12H,3-6,8-10H2,(H,16,17). The number of hydrogen-bond donors (Lipinski definition) is 1. The molecule has 1 atom stereocenters. The van der Waals surface area contributed by atoms with Gasteiger partial charge in [-0.3, -0.25) is 4.79 Å². The van der Waals surface area contributed by atoms with E-state index < -0.39 is 0 Å². The van der Waals surface area contributed by atoms with Crippen molar-refractivity contribution in [3.8, 4) is 5.75 Å². The maximum atomic E-state index is 11.8. The predicted octanol–water partition coefficient (Wildman–Crippen LogP) is 1.66. The van der Waals surface area contributed by atoms with Gasteiger partial charge >= 0.3 is 0 Å². The fourth-order valence-electron chi connectivity index (χ4n) is 2.63. The van der Waals surface area contributed by atoms with Crippen molar-refractivity contribution in [2.75, 3.05) is 19.8 Å². The first-order chi connectivity index (χ1) is 9.31. The molecule has 2 heterocycles. The number of carbonyl (C=O) groups excluding carboxylic acids is 1. The van der Waals surface area contributed by atoms with Crippen LogP contribution in [0.1, 0.15) is 24.0 Å². The molecule has 1 aromatic rings. The Kier molecular flexibility index (Phi) is 3.69.